The monoisotopic (exact) mass is 331 g/mol. The van der Waals surface area contributed by atoms with Crippen molar-refractivity contribution in [3.05, 3.63) is 70.1 Å². The highest BCUT2D eigenvalue weighted by Crippen LogP contribution is 2.27. The van der Waals surface area contributed by atoms with Gasteiger partial charge in [0.15, 0.2) is 5.70 Å². The molecule has 0 fully saturated rings. The summed E-state index contributed by atoms with van der Waals surface area (Å²) in [6, 6.07) is 10.9. The number of aliphatic imine (C=N–C) groups is 1. The van der Waals surface area contributed by atoms with E-state index in [1.165, 1.54) is 25.3 Å². The second-order valence-corrected chi connectivity index (χ2v) is 5.14. The molecule has 0 aliphatic carbocycles. The zero-order valence-electron chi connectivity index (χ0n) is 12.0. The summed E-state index contributed by atoms with van der Waals surface area (Å²) in [5, 5.41) is 0.488. The number of carbonyl (C=O) groups excluding carboxylic acids is 1. The van der Waals surface area contributed by atoms with Crippen LogP contribution in [0.1, 0.15) is 11.1 Å². The number of carbonyl (C=O) groups is 1. The van der Waals surface area contributed by atoms with Gasteiger partial charge < -0.3 is 9.47 Å². The van der Waals surface area contributed by atoms with Crippen molar-refractivity contribution in [2.45, 2.75) is 0 Å². The summed E-state index contributed by atoms with van der Waals surface area (Å²) < 4.78 is 24.0. The molecule has 0 saturated carbocycles. The van der Waals surface area contributed by atoms with Gasteiger partial charge in [-0.15, -0.1) is 0 Å². The first kappa shape index (κ1) is 15.2. The summed E-state index contributed by atoms with van der Waals surface area (Å²) in [6.45, 7) is 0. The number of nitrogens with zero attached hydrogens (tertiary/aromatic N) is 1. The maximum Gasteiger partial charge on any atom is 0.363 e. The van der Waals surface area contributed by atoms with Crippen LogP contribution in [0.3, 0.4) is 0 Å². The van der Waals surface area contributed by atoms with Gasteiger partial charge in [-0.2, -0.15) is 0 Å². The van der Waals surface area contributed by atoms with E-state index in [1.54, 1.807) is 30.3 Å². The molecule has 6 heteroatoms. The van der Waals surface area contributed by atoms with Gasteiger partial charge in [0.1, 0.15) is 11.6 Å². The molecule has 0 amide bonds. The maximum absolute atomic E-state index is 13.8. The number of hydrogen-bond acceptors (Lipinski definition) is 4. The van der Waals surface area contributed by atoms with E-state index in [0.29, 0.717) is 16.3 Å². The summed E-state index contributed by atoms with van der Waals surface area (Å²) in [4.78, 5) is 16.0. The molecule has 0 atom stereocenters. The minimum atomic E-state index is -0.662. The third kappa shape index (κ3) is 3.10. The Hall–Kier alpha value is -2.66. The number of benzene rings is 2. The average Bonchev–Trinajstić information content (AvgIpc) is 2.89. The molecule has 23 heavy (non-hydrogen) atoms. The van der Waals surface area contributed by atoms with Gasteiger partial charge in [-0.25, -0.2) is 14.2 Å². The number of esters is 1. The minimum absolute atomic E-state index is 0.0452. The lowest BCUT2D eigenvalue weighted by Gasteiger charge is -2.04. The molecular weight excluding hydrogens is 321 g/mol. The van der Waals surface area contributed by atoms with Crippen LogP contribution in [0.25, 0.3) is 6.08 Å². The average molecular weight is 332 g/mol. The highest BCUT2D eigenvalue weighted by atomic mass is 35.5. The third-order valence-corrected chi connectivity index (χ3v) is 3.44. The molecule has 1 aliphatic rings. The Bertz CT molecular complexity index is 845. The van der Waals surface area contributed by atoms with E-state index in [9.17, 15) is 9.18 Å². The Kier molecular flexibility index (Phi) is 4.12. The number of rotatable bonds is 3. The number of cyclic esters (lactones) is 1. The van der Waals surface area contributed by atoms with E-state index in [2.05, 4.69) is 4.99 Å². The van der Waals surface area contributed by atoms with Crippen LogP contribution < -0.4 is 4.74 Å². The largest absolute Gasteiger partial charge is 0.496 e. The first-order chi connectivity index (χ1) is 11.1. The Morgan fingerprint density at radius 2 is 2.04 bits per heavy atom. The third-order valence-electron chi connectivity index (χ3n) is 3.21. The summed E-state index contributed by atoms with van der Waals surface area (Å²) in [5.74, 6) is -0.712. The lowest BCUT2D eigenvalue weighted by molar-refractivity contribution is -0.129. The minimum Gasteiger partial charge on any atom is -0.496 e. The highest BCUT2D eigenvalue weighted by Gasteiger charge is 2.26. The predicted molar refractivity (Wildman–Crippen MR) is 85.0 cm³/mol. The highest BCUT2D eigenvalue weighted by molar-refractivity contribution is 6.30. The fourth-order valence-electron chi connectivity index (χ4n) is 2.12. The van der Waals surface area contributed by atoms with E-state index in [0.717, 1.165) is 0 Å². The molecule has 0 N–H and O–H groups in total. The van der Waals surface area contributed by atoms with Gasteiger partial charge in [-0.1, -0.05) is 23.7 Å². The second kappa shape index (κ2) is 6.22. The Morgan fingerprint density at radius 1 is 1.26 bits per heavy atom. The van der Waals surface area contributed by atoms with Crippen molar-refractivity contribution in [2.75, 3.05) is 7.11 Å². The number of methoxy groups -OCH3 is 1. The number of hydrogen-bond donors (Lipinski definition) is 0. The van der Waals surface area contributed by atoms with Crippen molar-refractivity contribution < 1.29 is 18.7 Å². The molecule has 0 spiro atoms. The van der Waals surface area contributed by atoms with E-state index in [4.69, 9.17) is 21.1 Å². The van der Waals surface area contributed by atoms with Gasteiger partial charge >= 0.3 is 5.97 Å². The van der Waals surface area contributed by atoms with Crippen molar-refractivity contribution in [1.29, 1.82) is 0 Å². The topological polar surface area (TPSA) is 47.9 Å². The van der Waals surface area contributed by atoms with Gasteiger partial charge in [-0.3, -0.25) is 0 Å². The first-order valence-electron chi connectivity index (χ1n) is 6.69. The van der Waals surface area contributed by atoms with Crippen molar-refractivity contribution in [2.24, 2.45) is 4.99 Å². The van der Waals surface area contributed by atoms with E-state index in [1.807, 2.05) is 0 Å². The van der Waals surface area contributed by atoms with Crippen LogP contribution in [0, 0.1) is 5.82 Å². The van der Waals surface area contributed by atoms with Crippen LogP contribution in [-0.4, -0.2) is 19.0 Å². The quantitative estimate of drug-likeness (QED) is 0.634. The normalized spacial score (nSPS) is 15.5. The smallest absolute Gasteiger partial charge is 0.363 e. The van der Waals surface area contributed by atoms with Crippen LogP contribution in [0.5, 0.6) is 5.75 Å². The summed E-state index contributed by atoms with van der Waals surface area (Å²) in [5.41, 5.74) is 0.747. The van der Waals surface area contributed by atoms with Crippen LogP contribution in [0.2, 0.25) is 5.02 Å². The fourth-order valence-corrected chi connectivity index (χ4v) is 2.30. The van der Waals surface area contributed by atoms with Crippen LogP contribution >= 0.6 is 11.6 Å². The molecule has 1 heterocycles. The van der Waals surface area contributed by atoms with E-state index in [-0.39, 0.29) is 17.2 Å². The lowest BCUT2D eigenvalue weighted by Crippen LogP contribution is -2.07. The molecular formula is C17H11ClFNO3. The standard InChI is InChI=1S/C17H11ClFNO3/c1-22-15-7-6-11(18)8-10(15)9-14-17(21)23-16(20-14)12-4-2-3-5-13(12)19/h2-9H,1H3/b14-9+. The lowest BCUT2D eigenvalue weighted by atomic mass is 10.1. The number of halogens is 2. The Morgan fingerprint density at radius 3 is 2.78 bits per heavy atom. The van der Waals surface area contributed by atoms with Crippen molar-refractivity contribution in [3.63, 3.8) is 0 Å². The molecule has 0 unspecified atom stereocenters. The zero-order chi connectivity index (χ0) is 16.4. The van der Waals surface area contributed by atoms with Crippen LogP contribution in [0.15, 0.2) is 53.2 Å². The Labute approximate surface area is 136 Å². The molecule has 3 rings (SSSR count). The molecule has 116 valence electrons. The van der Waals surface area contributed by atoms with Gasteiger partial charge in [0.25, 0.3) is 0 Å². The van der Waals surface area contributed by atoms with Crippen molar-refractivity contribution in [3.8, 4) is 5.75 Å². The molecule has 2 aromatic rings. The van der Waals surface area contributed by atoms with E-state index < -0.39 is 11.8 Å². The molecule has 0 aromatic heterocycles. The summed E-state index contributed by atoms with van der Waals surface area (Å²) in [7, 11) is 1.51. The molecule has 0 saturated heterocycles. The van der Waals surface area contributed by atoms with Gasteiger partial charge in [0, 0.05) is 10.6 Å². The first-order valence-corrected chi connectivity index (χ1v) is 7.07. The fraction of sp³-hybridized carbons (Fsp3) is 0.0588. The number of ether oxygens (including phenoxy) is 2. The van der Waals surface area contributed by atoms with Gasteiger partial charge in [-0.05, 0) is 36.4 Å². The molecule has 0 radical (unpaired) electrons. The van der Waals surface area contributed by atoms with Crippen LogP contribution in [0.4, 0.5) is 4.39 Å². The van der Waals surface area contributed by atoms with Crippen molar-refractivity contribution in [1.82, 2.24) is 0 Å². The molecule has 4 nitrogen and oxygen atoms in total. The SMILES string of the molecule is COc1ccc(Cl)cc1/C=C1/N=C(c2ccccc2F)OC1=O. The Balaban J connectivity index is 2.02. The van der Waals surface area contributed by atoms with Gasteiger partial charge in [0.05, 0.1) is 12.7 Å². The molecule has 0 bridgehead atoms. The van der Waals surface area contributed by atoms with Crippen molar-refractivity contribution >= 4 is 29.5 Å². The summed E-state index contributed by atoms with van der Waals surface area (Å²) in [6.07, 6.45) is 1.49. The molecule has 1 aliphatic heterocycles. The second-order valence-electron chi connectivity index (χ2n) is 4.70. The maximum atomic E-state index is 13.8. The van der Waals surface area contributed by atoms with Crippen LogP contribution in [-0.2, 0) is 9.53 Å². The predicted octanol–water partition coefficient (Wildman–Crippen LogP) is 3.83. The van der Waals surface area contributed by atoms with Gasteiger partial charge in [0.2, 0.25) is 5.90 Å². The zero-order valence-corrected chi connectivity index (χ0v) is 12.8. The molecule has 2 aromatic carbocycles. The van der Waals surface area contributed by atoms with E-state index >= 15 is 0 Å². The summed E-state index contributed by atoms with van der Waals surface area (Å²) >= 11 is 5.95.